The van der Waals surface area contributed by atoms with Crippen LogP contribution in [0.2, 0.25) is 5.02 Å². The second-order valence-corrected chi connectivity index (χ2v) is 5.34. The van der Waals surface area contributed by atoms with Crippen LogP contribution in [-0.2, 0) is 17.6 Å². The van der Waals surface area contributed by atoms with E-state index in [1.807, 2.05) is 31.2 Å². The maximum atomic E-state index is 13.1. The predicted octanol–water partition coefficient (Wildman–Crippen LogP) is 4.53. The Labute approximate surface area is 123 Å². The number of rotatable bonds is 5. The maximum absolute atomic E-state index is 13.1. The van der Waals surface area contributed by atoms with Crippen molar-refractivity contribution < 1.29 is 9.18 Å². The lowest BCUT2D eigenvalue weighted by atomic mass is 10.0. The lowest BCUT2D eigenvalue weighted by molar-refractivity contribution is -0.118. The molecule has 0 saturated heterocycles. The van der Waals surface area contributed by atoms with Gasteiger partial charge in [0.2, 0.25) is 0 Å². The third-order valence-corrected chi connectivity index (χ3v) is 3.58. The van der Waals surface area contributed by atoms with Crippen molar-refractivity contribution in [1.82, 2.24) is 0 Å². The van der Waals surface area contributed by atoms with Crippen LogP contribution in [0.15, 0.2) is 42.5 Å². The first-order valence-electron chi connectivity index (χ1n) is 6.56. The summed E-state index contributed by atoms with van der Waals surface area (Å²) in [4.78, 5) is 11.9. The molecule has 0 atom stereocenters. The summed E-state index contributed by atoms with van der Waals surface area (Å²) in [7, 11) is 0. The fourth-order valence-electron chi connectivity index (χ4n) is 2.02. The molecule has 0 radical (unpaired) electrons. The van der Waals surface area contributed by atoms with Crippen molar-refractivity contribution in [3.63, 3.8) is 0 Å². The molecule has 0 aliphatic heterocycles. The summed E-state index contributed by atoms with van der Waals surface area (Å²) in [6, 6.07) is 12.2. The van der Waals surface area contributed by atoms with E-state index in [0.29, 0.717) is 23.4 Å². The molecule has 0 fully saturated rings. The van der Waals surface area contributed by atoms with Crippen LogP contribution in [0.5, 0.6) is 0 Å². The van der Waals surface area contributed by atoms with E-state index in [1.54, 1.807) is 0 Å². The van der Waals surface area contributed by atoms with Gasteiger partial charge in [0, 0.05) is 17.9 Å². The first kappa shape index (κ1) is 14.7. The number of Topliss-reactive ketones (excluding diaryl/α,β-unsaturated/α-hetero) is 1. The van der Waals surface area contributed by atoms with E-state index in [1.165, 1.54) is 23.8 Å². The number of aryl methyl sites for hydroxylation is 2. The largest absolute Gasteiger partial charge is 0.299 e. The normalized spacial score (nSPS) is 10.6. The molecule has 0 spiro atoms. The summed E-state index contributed by atoms with van der Waals surface area (Å²) in [6.45, 7) is 2.03. The third kappa shape index (κ3) is 4.17. The highest BCUT2D eigenvalue weighted by Crippen LogP contribution is 2.18. The van der Waals surface area contributed by atoms with Gasteiger partial charge in [-0.3, -0.25) is 4.79 Å². The first-order valence-corrected chi connectivity index (χ1v) is 6.93. The van der Waals surface area contributed by atoms with Gasteiger partial charge in [0.05, 0.1) is 0 Å². The van der Waals surface area contributed by atoms with Crippen LogP contribution in [0.4, 0.5) is 4.39 Å². The van der Waals surface area contributed by atoms with Crippen LogP contribution in [-0.4, -0.2) is 5.78 Å². The molecule has 3 heteroatoms. The lowest BCUT2D eigenvalue weighted by Crippen LogP contribution is -2.05. The smallest absolute Gasteiger partial charge is 0.137 e. The van der Waals surface area contributed by atoms with Crippen molar-refractivity contribution in [1.29, 1.82) is 0 Å². The molecule has 2 rings (SSSR count). The standard InChI is InChI=1S/C17H16ClFO/c1-12-2-4-13(5-3-12)6-8-16(20)11-14-10-15(19)7-9-17(14)18/h2-5,7,9-10H,6,8,11H2,1H3. The molecule has 2 aromatic carbocycles. The Balaban J connectivity index is 1.92. The molecule has 0 amide bonds. The Bertz CT molecular complexity index is 605. The second kappa shape index (κ2) is 6.67. The lowest BCUT2D eigenvalue weighted by Gasteiger charge is -2.05. The van der Waals surface area contributed by atoms with Crippen LogP contribution >= 0.6 is 11.6 Å². The molecule has 1 nitrogen and oxygen atoms in total. The van der Waals surface area contributed by atoms with Gasteiger partial charge in [-0.15, -0.1) is 0 Å². The van der Waals surface area contributed by atoms with Crippen molar-refractivity contribution in [2.75, 3.05) is 0 Å². The summed E-state index contributed by atoms with van der Waals surface area (Å²) < 4.78 is 13.1. The minimum absolute atomic E-state index is 0.0677. The molecular formula is C17H16ClFO. The SMILES string of the molecule is Cc1ccc(CCC(=O)Cc2cc(F)ccc2Cl)cc1. The van der Waals surface area contributed by atoms with Gasteiger partial charge in [-0.25, -0.2) is 4.39 Å². The van der Waals surface area contributed by atoms with Gasteiger partial charge in [0.15, 0.2) is 0 Å². The molecule has 0 bridgehead atoms. The van der Waals surface area contributed by atoms with Gasteiger partial charge in [-0.05, 0) is 42.7 Å². The molecule has 0 N–H and O–H groups in total. The highest BCUT2D eigenvalue weighted by Gasteiger charge is 2.08. The molecule has 0 saturated carbocycles. The first-order chi connectivity index (χ1) is 9.54. The van der Waals surface area contributed by atoms with Crippen LogP contribution in [0.3, 0.4) is 0 Å². The van der Waals surface area contributed by atoms with Crippen molar-refractivity contribution in [2.24, 2.45) is 0 Å². The van der Waals surface area contributed by atoms with Gasteiger partial charge in [-0.2, -0.15) is 0 Å². The van der Waals surface area contributed by atoms with E-state index in [-0.39, 0.29) is 18.0 Å². The monoisotopic (exact) mass is 290 g/mol. The maximum Gasteiger partial charge on any atom is 0.137 e. The summed E-state index contributed by atoms with van der Waals surface area (Å²) in [5, 5.41) is 0.440. The van der Waals surface area contributed by atoms with Crippen LogP contribution in [0, 0.1) is 12.7 Å². The van der Waals surface area contributed by atoms with Crippen LogP contribution in [0.25, 0.3) is 0 Å². The Morgan fingerprint density at radius 3 is 2.55 bits per heavy atom. The molecule has 0 unspecified atom stereocenters. The minimum Gasteiger partial charge on any atom is -0.299 e. The number of ketones is 1. The predicted molar refractivity (Wildman–Crippen MR) is 79.6 cm³/mol. The van der Waals surface area contributed by atoms with Gasteiger partial charge in [0.25, 0.3) is 0 Å². The van der Waals surface area contributed by atoms with E-state index < -0.39 is 0 Å². The van der Waals surface area contributed by atoms with E-state index in [4.69, 9.17) is 11.6 Å². The van der Waals surface area contributed by atoms with Crippen molar-refractivity contribution in [2.45, 2.75) is 26.2 Å². The molecule has 104 valence electrons. The van der Waals surface area contributed by atoms with Crippen molar-refractivity contribution >= 4 is 17.4 Å². The van der Waals surface area contributed by atoms with Gasteiger partial charge in [0.1, 0.15) is 11.6 Å². The zero-order valence-electron chi connectivity index (χ0n) is 11.3. The Hall–Kier alpha value is -1.67. The Kier molecular flexibility index (Phi) is 4.91. The van der Waals surface area contributed by atoms with Gasteiger partial charge < -0.3 is 0 Å². The van der Waals surface area contributed by atoms with E-state index in [0.717, 1.165) is 5.56 Å². The zero-order chi connectivity index (χ0) is 14.5. The summed E-state index contributed by atoms with van der Waals surface area (Å²) in [5.41, 5.74) is 2.89. The highest BCUT2D eigenvalue weighted by molar-refractivity contribution is 6.31. The third-order valence-electron chi connectivity index (χ3n) is 3.21. The van der Waals surface area contributed by atoms with Gasteiger partial charge >= 0.3 is 0 Å². The molecule has 0 heterocycles. The Morgan fingerprint density at radius 1 is 1.15 bits per heavy atom. The Morgan fingerprint density at radius 2 is 1.85 bits per heavy atom. The molecule has 0 aliphatic carbocycles. The number of carbonyl (C=O) groups is 1. The van der Waals surface area contributed by atoms with E-state index in [2.05, 4.69) is 0 Å². The second-order valence-electron chi connectivity index (χ2n) is 4.94. The molecule has 0 aliphatic rings. The fraction of sp³-hybridized carbons (Fsp3) is 0.235. The zero-order valence-corrected chi connectivity index (χ0v) is 12.1. The minimum atomic E-state index is -0.365. The van der Waals surface area contributed by atoms with Crippen LogP contribution in [0.1, 0.15) is 23.1 Å². The average Bonchev–Trinajstić information content (AvgIpc) is 2.42. The van der Waals surface area contributed by atoms with Crippen molar-refractivity contribution in [3.8, 4) is 0 Å². The highest BCUT2D eigenvalue weighted by atomic mass is 35.5. The summed E-state index contributed by atoms with van der Waals surface area (Å²) in [6.07, 6.45) is 1.32. The quantitative estimate of drug-likeness (QED) is 0.790. The van der Waals surface area contributed by atoms with Gasteiger partial charge in [-0.1, -0.05) is 41.4 Å². The number of halogens is 2. The molecular weight excluding hydrogens is 275 g/mol. The molecule has 0 aromatic heterocycles. The number of hydrogen-bond donors (Lipinski definition) is 0. The number of carbonyl (C=O) groups excluding carboxylic acids is 1. The van der Waals surface area contributed by atoms with Crippen molar-refractivity contribution in [3.05, 3.63) is 70.0 Å². The fourth-order valence-corrected chi connectivity index (χ4v) is 2.20. The van der Waals surface area contributed by atoms with E-state index in [9.17, 15) is 9.18 Å². The molecule has 2 aromatic rings. The average molecular weight is 291 g/mol. The van der Waals surface area contributed by atoms with Crippen LogP contribution < -0.4 is 0 Å². The topological polar surface area (TPSA) is 17.1 Å². The summed E-state index contributed by atoms with van der Waals surface area (Å²) in [5.74, 6) is -0.297. The summed E-state index contributed by atoms with van der Waals surface area (Å²) >= 11 is 5.96. The number of benzene rings is 2. The molecule has 20 heavy (non-hydrogen) atoms. The van der Waals surface area contributed by atoms with E-state index >= 15 is 0 Å². The number of hydrogen-bond acceptors (Lipinski definition) is 1.